The van der Waals surface area contributed by atoms with Crippen LogP contribution in [0.15, 0.2) is 48.0 Å². The van der Waals surface area contributed by atoms with Crippen LogP contribution in [0.1, 0.15) is 42.2 Å². The van der Waals surface area contributed by atoms with Crippen LogP contribution in [-0.4, -0.2) is 27.4 Å². The van der Waals surface area contributed by atoms with Gasteiger partial charge in [0.25, 0.3) is 5.91 Å². The van der Waals surface area contributed by atoms with E-state index in [9.17, 15) is 9.59 Å². The third-order valence-corrected chi connectivity index (χ3v) is 6.18. The number of carbonyl (C=O) groups is 2. The molecule has 0 fully saturated rings. The lowest BCUT2D eigenvalue weighted by molar-refractivity contribution is -0.118. The molecule has 2 N–H and O–H groups in total. The van der Waals surface area contributed by atoms with E-state index in [2.05, 4.69) is 21.4 Å². The Labute approximate surface area is 180 Å². The lowest BCUT2D eigenvalue weighted by atomic mass is 10.0. The SMILES string of the molecule is CC(C)C(NC(=O)c1cccs1)C(=O)Nc1cccc(-c2cn3c(n2)CCCC3)c1. The molecule has 3 aromatic rings. The number of hydrogen-bond donors (Lipinski definition) is 2. The summed E-state index contributed by atoms with van der Waals surface area (Å²) >= 11 is 1.36. The Morgan fingerprint density at radius 1 is 1.17 bits per heavy atom. The van der Waals surface area contributed by atoms with Crippen LogP contribution in [0.5, 0.6) is 0 Å². The highest BCUT2D eigenvalue weighted by molar-refractivity contribution is 7.12. The Balaban J connectivity index is 1.48. The van der Waals surface area contributed by atoms with Gasteiger partial charge in [-0.15, -0.1) is 11.3 Å². The second-order valence-electron chi connectivity index (χ2n) is 7.94. The zero-order chi connectivity index (χ0) is 21.1. The number of amides is 2. The van der Waals surface area contributed by atoms with E-state index < -0.39 is 6.04 Å². The summed E-state index contributed by atoms with van der Waals surface area (Å²) in [6, 6.07) is 10.7. The first-order chi connectivity index (χ1) is 14.5. The van der Waals surface area contributed by atoms with E-state index in [1.807, 2.05) is 49.6 Å². The van der Waals surface area contributed by atoms with E-state index in [-0.39, 0.29) is 17.7 Å². The van der Waals surface area contributed by atoms with Crippen molar-refractivity contribution >= 4 is 28.8 Å². The standard InChI is InChI=1S/C23H26N4O2S/c1-15(2)21(26-22(28)19-9-6-12-30-19)23(29)24-17-8-5-7-16(13-17)18-14-27-11-4-3-10-20(27)25-18/h5-9,12-15,21H,3-4,10-11H2,1-2H3,(H,24,29)(H,26,28). The maximum atomic E-state index is 12.9. The summed E-state index contributed by atoms with van der Waals surface area (Å²) < 4.78 is 2.22. The summed E-state index contributed by atoms with van der Waals surface area (Å²) in [6.07, 6.45) is 5.47. The molecule has 1 aromatic carbocycles. The maximum absolute atomic E-state index is 12.9. The van der Waals surface area contributed by atoms with Crippen LogP contribution in [0.4, 0.5) is 5.69 Å². The first-order valence-electron chi connectivity index (χ1n) is 10.3. The molecule has 0 bridgehead atoms. The molecule has 1 aliphatic heterocycles. The zero-order valence-corrected chi connectivity index (χ0v) is 18.0. The maximum Gasteiger partial charge on any atom is 0.262 e. The van der Waals surface area contributed by atoms with Crippen molar-refractivity contribution in [2.24, 2.45) is 5.92 Å². The van der Waals surface area contributed by atoms with E-state index in [0.29, 0.717) is 10.6 Å². The molecule has 2 amide bonds. The highest BCUT2D eigenvalue weighted by atomic mass is 32.1. The lowest BCUT2D eigenvalue weighted by Crippen LogP contribution is -2.46. The van der Waals surface area contributed by atoms with Gasteiger partial charge < -0.3 is 15.2 Å². The van der Waals surface area contributed by atoms with Crippen molar-refractivity contribution in [2.75, 3.05) is 5.32 Å². The van der Waals surface area contributed by atoms with Gasteiger partial charge in [0, 0.05) is 30.4 Å². The molecule has 30 heavy (non-hydrogen) atoms. The number of carbonyl (C=O) groups excluding carboxylic acids is 2. The molecule has 1 aliphatic rings. The number of fused-ring (bicyclic) bond motifs is 1. The fourth-order valence-corrected chi connectivity index (χ4v) is 4.31. The van der Waals surface area contributed by atoms with E-state index in [4.69, 9.17) is 4.98 Å². The number of benzene rings is 1. The molecule has 3 heterocycles. The van der Waals surface area contributed by atoms with Gasteiger partial charge in [-0.2, -0.15) is 0 Å². The van der Waals surface area contributed by atoms with Crippen LogP contribution in [0.3, 0.4) is 0 Å². The molecule has 0 saturated carbocycles. The summed E-state index contributed by atoms with van der Waals surface area (Å²) in [5.74, 6) is 0.631. The highest BCUT2D eigenvalue weighted by Gasteiger charge is 2.25. The predicted molar refractivity (Wildman–Crippen MR) is 120 cm³/mol. The number of aromatic nitrogens is 2. The van der Waals surface area contributed by atoms with Gasteiger partial charge in [0.1, 0.15) is 11.9 Å². The fraction of sp³-hybridized carbons (Fsp3) is 0.348. The number of thiophene rings is 1. The molecule has 7 heteroatoms. The number of rotatable bonds is 6. The Morgan fingerprint density at radius 3 is 2.77 bits per heavy atom. The van der Waals surface area contributed by atoms with Crippen LogP contribution >= 0.6 is 11.3 Å². The molecule has 156 valence electrons. The molecule has 6 nitrogen and oxygen atoms in total. The molecule has 0 saturated heterocycles. The van der Waals surface area contributed by atoms with E-state index in [1.54, 1.807) is 6.07 Å². The van der Waals surface area contributed by atoms with Gasteiger partial charge in [-0.05, 0) is 42.3 Å². The summed E-state index contributed by atoms with van der Waals surface area (Å²) in [7, 11) is 0. The summed E-state index contributed by atoms with van der Waals surface area (Å²) in [6.45, 7) is 4.86. The second-order valence-corrected chi connectivity index (χ2v) is 8.88. The van der Waals surface area contributed by atoms with Crippen molar-refractivity contribution in [3.8, 4) is 11.3 Å². The minimum absolute atomic E-state index is 0.0445. The van der Waals surface area contributed by atoms with Crippen molar-refractivity contribution in [1.29, 1.82) is 0 Å². The number of nitrogens with one attached hydrogen (secondary N) is 2. The van der Waals surface area contributed by atoms with Gasteiger partial charge in [-0.1, -0.05) is 32.0 Å². The molecule has 1 unspecified atom stereocenters. The average molecular weight is 423 g/mol. The summed E-state index contributed by atoms with van der Waals surface area (Å²) in [5, 5.41) is 7.67. The van der Waals surface area contributed by atoms with Crippen LogP contribution in [0.2, 0.25) is 0 Å². The third-order valence-electron chi connectivity index (χ3n) is 5.32. The summed E-state index contributed by atoms with van der Waals surface area (Å²) in [5.41, 5.74) is 2.59. The van der Waals surface area contributed by atoms with Crippen molar-refractivity contribution in [3.63, 3.8) is 0 Å². The van der Waals surface area contributed by atoms with Gasteiger partial charge in [0.2, 0.25) is 5.91 Å². The number of aryl methyl sites for hydroxylation is 2. The van der Waals surface area contributed by atoms with Gasteiger partial charge >= 0.3 is 0 Å². The zero-order valence-electron chi connectivity index (χ0n) is 17.2. The van der Waals surface area contributed by atoms with Crippen LogP contribution in [-0.2, 0) is 17.8 Å². The molecular weight excluding hydrogens is 396 g/mol. The van der Waals surface area contributed by atoms with Gasteiger partial charge in [0.15, 0.2) is 0 Å². The molecule has 0 radical (unpaired) electrons. The Morgan fingerprint density at radius 2 is 2.03 bits per heavy atom. The van der Waals surface area contributed by atoms with Crippen molar-refractivity contribution in [2.45, 2.75) is 45.7 Å². The quantitative estimate of drug-likeness (QED) is 0.620. The number of imidazole rings is 1. The van der Waals surface area contributed by atoms with E-state index >= 15 is 0 Å². The lowest BCUT2D eigenvalue weighted by Gasteiger charge is -2.21. The van der Waals surface area contributed by atoms with E-state index in [1.165, 1.54) is 24.2 Å². The summed E-state index contributed by atoms with van der Waals surface area (Å²) in [4.78, 5) is 30.7. The molecule has 4 rings (SSSR count). The molecule has 1 atom stereocenters. The van der Waals surface area contributed by atoms with E-state index in [0.717, 1.165) is 30.0 Å². The second kappa shape index (κ2) is 8.83. The first kappa shape index (κ1) is 20.3. The predicted octanol–water partition coefficient (Wildman–Crippen LogP) is 4.34. The smallest absolute Gasteiger partial charge is 0.262 e. The van der Waals surface area contributed by atoms with Crippen molar-refractivity contribution in [3.05, 3.63) is 58.7 Å². The monoisotopic (exact) mass is 422 g/mol. The van der Waals surface area contributed by atoms with Crippen LogP contribution in [0, 0.1) is 5.92 Å². The molecular formula is C23H26N4O2S. The first-order valence-corrected chi connectivity index (χ1v) is 11.2. The highest BCUT2D eigenvalue weighted by Crippen LogP contribution is 2.25. The molecule has 0 aliphatic carbocycles. The Kier molecular flexibility index (Phi) is 5.99. The minimum Gasteiger partial charge on any atom is -0.339 e. The topological polar surface area (TPSA) is 76.0 Å². The van der Waals surface area contributed by atoms with Crippen LogP contribution in [0.25, 0.3) is 11.3 Å². The Bertz CT molecular complexity index is 1020. The normalized spacial score (nSPS) is 14.2. The average Bonchev–Trinajstić information content (AvgIpc) is 3.41. The fourth-order valence-electron chi connectivity index (χ4n) is 3.68. The minimum atomic E-state index is -0.622. The number of hydrogen-bond acceptors (Lipinski definition) is 4. The number of anilines is 1. The van der Waals surface area contributed by atoms with Gasteiger partial charge in [-0.25, -0.2) is 4.98 Å². The Hall–Kier alpha value is -2.93. The molecule has 0 spiro atoms. The van der Waals surface area contributed by atoms with Gasteiger partial charge in [-0.3, -0.25) is 9.59 Å². The van der Waals surface area contributed by atoms with Crippen LogP contribution < -0.4 is 10.6 Å². The molecule has 2 aromatic heterocycles. The van der Waals surface area contributed by atoms with Crippen molar-refractivity contribution < 1.29 is 9.59 Å². The van der Waals surface area contributed by atoms with Gasteiger partial charge in [0.05, 0.1) is 10.6 Å². The largest absolute Gasteiger partial charge is 0.339 e. The van der Waals surface area contributed by atoms with Crippen molar-refractivity contribution in [1.82, 2.24) is 14.9 Å². The third kappa shape index (κ3) is 4.46. The number of nitrogens with zero attached hydrogens (tertiary/aromatic N) is 2.